The molecule has 0 unspecified atom stereocenters. The molecule has 0 bridgehead atoms. The standard InChI is InChI=1S/C37H28N2/c1-37(2)32-19-10-9-16-30(32)31-18-11-17-29(35(31)37)25-20-22-28(23-21-25)36-38-33(26-12-5-3-6-13-26)24-34(39-36)27-14-7-4-8-15-27/h3-24H,1-2H3. The van der Waals surface area contributed by atoms with E-state index in [-0.39, 0.29) is 5.41 Å². The van der Waals surface area contributed by atoms with E-state index < -0.39 is 0 Å². The summed E-state index contributed by atoms with van der Waals surface area (Å²) in [5.74, 6) is 0.729. The molecule has 2 heteroatoms. The first-order chi connectivity index (χ1) is 19.1. The van der Waals surface area contributed by atoms with Gasteiger partial charge in [0.15, 0.2) is 5.82 Å². The molecule has 0 spiro atoms. The molecule has 6 aromatic rings. The highest BCUT2D eigenvalue weighted by Gasteiger charge is 2.37. The molecule has 1 aromatic heterocycles. The van der Waals surface area contributed by atoms with Gasteiger partial charge in [0.25, 0.3) is 0 Å². The minimum Gasteiger partial charge on any atom is -0.228 e. The Labute approximate surface area is 229 Å². The van der Waals surface area contributed by atoms with Gasteiger partial charge in [0.2, 0.25) is 0 Å². The monoisotopic (exact) mass is 500 g/mol. The molecule has 0 amide bonds. The average Bonchev–Trinajstić information content (AvgIpc) is 3.25. The maximum Gasteiger partial charge on any atom is 0.160 e. The van der Waals surface area contributed by atoms with Gasteiger partial charge < -0.3 is 0 Å². The number of aromatic nitrogens is 2. The summed E-state index contributed by atoms with van der Waals surface area (Å²) in [6, 6.07) is 46.9. The first-order valence-corrected chi connectivity index (χ1v) is 13.4. The highest BCUT2D eigenvalue weighted by atomic mass is 14.9. The largest absolute Gasteiger partial charge is 0.228 e. The number of rotatable bonds is 4. The van der Waals surface area contributed by atoms with Crippen molar-refractivity contribution in [2.24, 2.45) is 0 Å². The van der Waals surface area contributed by atoms with Crippen molar-refractivity contribution in [2.45, 2.75) is 19.3 Å². The molecule has 2 nitrogen and oxygen atoms in total. The lowest BCUT2D eigenvalue weighted by atomic mass is 9.79. The highest BCUT2D eigenvalue weighted by molar-refractivity contribution is 5.88. The van der Waals surface area contributed by atoms with Crippen molar-refractivity contribution in [1.29, 1.82) is 0 Å². The van der Waals surface area contributed by atoms with E-state index in [4.69, 9.17) is 9.97 Å². The van der Waals surface area contributed by atoms with Gasteiger partial charge >= 0.3 is 0 Å². The molecule has 0 fully saturated rings. The first-order valence-electron chi connectivity index (χ1n) is 13.4. The van der Waals surface area contributed by atoms with Crippen LogP contribution in [0.5, 0.6) is 0 Å². The molecule has 0 aliphatic heterocycles. The van der Waals surface area contributed by atoms with Crippen molar-refractivity contribution in [3.8, 4) is 56.2 Å². The van der Waals surface area contributed by atoms with E-state index in [0.29, 0.717) is 0 Å². The summed E-state index contributed by atoms with van der Waals surface area (Å²) < 4.78 is 0. The average molecular weight is 501 g/mol. The van der Waals surface area contributed by atoms with Crippen LogP contribution in [0.15, 0.2) is 133 Å². The minimum absolute atomic E-state index is 0.0566. The predicted octanol–water partition coefficient (Wildman–Crippen LogP) is 9.45. The number of benzene rings is 5. The van der Waals surface area contributed by atoms with Gasteiger partial charge in [-0.05, 0) is 39.4 Å². The zero-order chi connectivity index (χ0) is 26.4. The molecule has 0 atom stereocenters. The summed E-state index contributed by atoms with van der Waals surface area (Å²) in [7, 11) is 0. The van der Waals surface area contributed by atoms with Crippen LogP contribution >= 0.6 is 0 Å². The van der Waals surface area contributed by atoms with Crippen LogP contribution in [0.25, 0.3) is 56.2 Å². The number of nitrogens with zero attached hydrogens (tertiary/aromatic N) is 2. The third-order valence-corrected chi connectivity index (χ3v) is 7.90. The second-order valence-corrected chi connectivity index (χ2v) is 10.7. The molecular weight excluding hydrogens is 472 g/mol. The lowest BCUT2D eigenvalue weighted by Crippen LogP contribution is -2.16. The van der Waals surface area contributed by atoms with Crippen molar-refractivity contribution < 1.29 is 0 Å². The van der Waals surface area contributed by atoms with Crippen molar-refractivity contribution in [3.05, 3.63) is 145 Å². The Kier molecular flexibility index (Phi) is 5.49. The Morgan fingerprint density at radius 3 is 1.59 bits per heavy atom. The van der Waals surface area contributed by atoms with E-state index >= 15 is 0 Å². The fraction of sp³-hybridized carbons (Fsp3) is 0.0811. The van der Waals surface area contributed by atoms with Crippen LogP contribution in [-0.2, 0) is 5.41 Å². The quantitative estimate of drug-likeness (QED) is 0.241. The molecule has 0 N–H and O–H groups in total. The van der Waals surface area contributed by atoms with Gasteiger partial charge in [0.05, 0.1) is 11.4 Å². The van der Waals surface area contributed by atoms with Gasteiger partial charge in [-0.25, -0.2) is 9.97 Å². The molecule has 1 aliphatic rings. The van der Waals surface area contributed by atoms with E-state index in [0.717, 1.165) is 33.9 Å². The van der Waals surface area contributed by atoms with Gasteiger partial charge in [-0.3, -0.25) is 0 Å². The molecule has 1 aliphatic carbocycles. The number of hydrogen-bond acceptors (Lipinski definition) is 2. The molecule has 7 rings (SSSR count). The van der Waals surface area contributed by atoms with E-state index in [1.165, 1.54) is 33.4 Å². The van der Waals surface area contributed by atoms with Crippen molar-refractivity contribution in [2.75, 3.05) is 0 Å². The maximum atomic E-state index is 5.00. The van der Waals surface area contributed by atoms with Crippen LogP contribution in [0.4, 0.5) is 0 Å². The van der Waals surface area contributed by atoms with Crippen LogP contribution in [0.2, 0.25) is 0 Å². The molecule has 0 saturated carbocycles. The number of hydrogen-bond donors (Lipinski definition) is 0. The molecular formula is C37H28N2. The molecule has 186 valence electrons. The lowest BCUT2D eigenvalue weighted by Gasteiger charge is -2.24. The topological polar surface area (TPSA) is 25.8 Å². The van der Waals surface area contributed by atoms with Gasteiger partial charge in [0, 0.05) is 22.1 Å². The second-order valence-electron chi connectivity index (χ2n) is 10.7. The van der Waals surface area contributed by atoms with Crippen LogP contribution in [-0.4, -0.2) is 9.97 Å². The Balaban J connectivity index is 1.32. The zero-order valence-electron chi connectivity index (χ0n) is 22.1. The smallest absolute Gasteiger partial charge is 0.160 e. The summed E-state index contributed by atoms with van der Waals surface area (Å²) in [5, 5.41) is 0. The van der Waals surface area contributed by atoms with Crippen molar-refractivity contribution >= 4 is 0 Å². The fourth-order valence-electron chi connectivity index (χ4n) is 5.98. The van der Waals surface area contributed by atoms with Gasteiger partial charge in [0.1, 0.15) is 0 Å². The Bertz CT molecular complexity index is 1740. The van der Waals surface area contributed by atoms with Crippen LogP contribution in [0.3, 0.4) is 0 Å². The fourth-order valence-corrected chi connectivity index (χ4v) is 5.98. The zero-order valence-corrected chi connectivity index (χ0v) is 22.1. The first kappa shape index (κ1) is 23.3. The summed E-state index contributed by atoms with van der Waals surface area (Å²) >= 11 is 0. The molecule has 0 saturated heterocycles. The second kappa shape index (κ2) is 9.18. The Morgan fingerprint density at radius 2 is 0.949 bits per heavy atom. The van der Waals surface area contributed by atoms with Crippen LogP contribution < -0.4 is 0 Å². The third kappa shape index (κ3) is 3.97. The maximum absolute atomic E-state index is 5.00. The summed E-state index contributed by atoms with van der Waals surface area (Å²) in [5.41, 5.74) is 12.9. The number of fused-ring (bicyclic) bond motifs is 3. The Morgan fingerprint density at radius 1 is 0.436 bits per heavy atom. The van der Waals surface area contributed by atoms with E-state index in [9.17, 15) is 0 Å². The third-order valence-electron chi connectivity index (χ3n) is 7.90. The SMILES string of the molecule is CC1(C)c2ccccc2-c2cccc(-c3ccc(-c4nc(-c5ccccc5)cc(-c5ccccc5)n4)cc3)c21. The molecule has 5 aromatic carbocycles. The van der Waals surface area contributed by atoms with Crippen molar-refractivity contribution in [1.82, 2.24) is 9.97 Å². The van der Waals surface area contributed by atoms with E-state index in [2.05, 4.69) is 111 Å². The minimum atomic E-state index is -0.0566. The van der Waals surface area contributed by atoms with Crippen molar-refractivity contribution in [3.63, 3.8) is 0 Å². The molecule has 0 radical (unpaired) electrons. The van der Waals surface area contributed by atoms with Crippen LogP contribution in [0.1, 0.15) is 25.0 Å². The van der Waals surface area contributed by atoms with Gasteiger partial charge in [-0.2, -0.15) is 0 Å². The Hall–Kier alpha value is -4.82. The lowest BCUT2D eigenvalue weighted by molar-refractivity contribution is 0.662. The van der Waals surface area contributed by atoms with Gasteiger partial charge in [-0.15, -0.1) is 0 Å². The summed E-state index contributed by atoms with van der Waals surface area (Å²) in [6.07, 6.45) is 0. The molecule has 39 heavy (non-hydrogen) atoms. The molecule has 1 heterocycles. The predicted molar refractivity (Wildman–Crippen MR) is 161 cm³/mol. The normalized spacial score (nSPS) is 13.1. The highest BCUT2D eigenvalue weighted by Crippen LogP contribution is 2.52. The van der Waals surface area contributed by atoms with Crippen LogP contribution in [0, 0.1) is 0 Å². The van der Waals surface area contributed by atoms with E-state index in [1.807, 2.05) is 36.4 Å². The summed E-state index contributed by atoms with van der Waals surface area (Å²) in [6.45, 7) is 4.67. The van der Waals surface area contributed by atoms with E-state index in [1.54, 1.807) is 0 Å². The van der Waals surface area contributed by atoms with Gasteiger partial charge in [-0.1, -0.05) is 141 Å². The summed E-state index contributed by atoms with van der Waals surface area (Å²) in [4.78, 5) is 10.00.